The lowest BCUT2D eigenvalue weighted by atomic mass is 9.74. The zero-order valence-corrected chi connectivity index (χ0v) is 18.6. The molecule has 1 aliphatic rings. The normalized spacial score (nSPS) is 15.4. The molecule has 0 radical (unpaired) electrons. The molecule has 0 unspecified atom stereocenters. The second-order valence-corrected chi connectivity index (χ2v) is 8.38. The summed E-state index contributed by atoms with van der Waals surface area (Å²) in [6.45, 7) is 9.85. The van der Waals surface area contributed by atoms with Gasteiger partial charge in [0.2, 0.25) is 5.91 Å². The topological polar surface area (TPSA) is 58.1 Å². The minimum Gasteiger partial charge on any atom is -0.356 e. The van der Waals surface area contributed by atoms with E-state index >= 15 is 0 Å². The van der Waals surface area contributed by atoms with E-state index in [2.05, 4.69) is 34.0 Å². The third-order valence-electron chi connectivity index (χ3n) is 6.15. The molecule has 2 heterocycles. The predicted molar refractivity (Wildman–Crippen MR) is 119 cm³/mol. The van der Waals surface area contributed by atoms with Crippen LogP contribution in [0.25, 0.3) is 0 Å². The van der Waals surface area contributed by atoms with E-state index in [1.807, 2.05) is 44.2 Å². The van der Waals surface area contributed by atoms with Crippen molar-refractivity contribution in [3.05, 3.63) is 52.4 Å². The van der Waals surface area contributed by atoms with Gasteiger partial charge in [-0.3, -0.25) is 4.79 Å². The molecular formula is C23H31ClN4O. The molecule has 1 aromatic carbocycles. The first-order chi connectivity index (χ1) is 13.9. The average Bonchev–Trinajstić information content (AvgIpc) is 2.70. The Hall–Kier alpha value is -2.14. The van der Waals surface area contributed by atoms with Gasteiger partial charge >= 0.3 is 0 Å². The second kappa shape index (κ2) is 9.12. The number of piperidine rings is 1. The number of benzene rings is 1. The minimum absolute atomic E-state index is 0.122. The summed E-state index contributed by atoms with van der Waals surface area (Å²) in [5.41, 5.74) is 1.51. The highest BCUT2D eigenvalue weighted by Gasteiger charge is 2.38. The minimum atomic E-state index is -0.511. The number of halogens is 1. The maximum Gasteiger partial charge on any atom is 0.230 e. The van der Waals surface area contributed by atoms with E-state index in [4.69, 9.17) is 11.6 Å². The zero-order chi connectivity index (χ0) is 21.0. The van der Waals surface area contributed by atoms with Crippen molar-refractivity contribution in [3.63, 3.8) is 0 Å². The van der Waals surface area contributed by atoms with Crippen LogP contribution in [0.15, 0.2) is 30.3 Å². The van der Waals surface area contributed by atoms with E-state index < -0.39 is 5.41 Å². The molecule has 29 heavy (non-hydrogen) atoms. The van der Waals surface area contributed by atoms with E-state index in [1.165, 1.54) is 0 Å². The van der Waals surface area contributed by atoms with Crippen molar-refractivity contribution in [3.8, 4) is 0 Å². The Balaban J connectivity index is 1.66. The molecule has 0 spiro atoms. The summed E-state index contributed by atoms with van der Waals surface area (Å²) in [5, 5.41) is 4.03. The predicted octanol–water partition coefficient (Wildman–Crippen LogP) is 4.59. The molecule has 0 bridgehead atoms. The van der Waals surface area contributed by atoms with Gasteiger partial charge in [-0.2, -0.15) is 0 Å². The van der Waals surface area contributed by atoms with Crippen LogP contribution in [0.1, 0.15) is 56.6 Å². The van der Waals surface area contributed by atoms with Crippen LogP contribution < -0.4 is 10.2 Å². The van der Waals surface area contributed by atoms with E-state index in [9.17, 15) is 4.79 Å². The first-order valence-corrected chi connectivity index (χ1v) is 10.9. The Labute approximate surface area is 178 Å². The molecule has 5 nitrogen and oxygen atoms in total. The summed E-state index contributed by atoms with van der Waals surface area (Å²) in [7, 11) is 0. The summed E-state index contributed by atoms with van der Waals surface area (Å²) in [6.07, 6.45) is 3.35. The lowest BCUT2D eigenvalue weighted by Gasteiger charge is -2.37. The quantitative estimate of drug-likeness (QED) is 0.751. The van der Waals surface area contributed by atoms with Crippen molar-refractivity contribution >= 4 is 23.3 Å². The van der Waals surface area contributed by atoms with Gasteiger partial charge in [0.25, 0.3) is 0 Å². The number of carbonyl (C=O) groups excluding carboxylic acids is 1. The first kappa shape index (κ1) is 21.6. The molecule has 1 aliphatic heterocycles. The number of rotatable bonds is 6. The number of hydrogen-bond acceptors (Lipinski definition) is 4. The molecule has 2 aromatic rings. The Kier molecular flexibility index (Phi) is 6.78. The number of amides is 1. The van der Waals surface area contributed by atoms with Gasteiger partial charge in [0, 0.05) is 35.9 Å². The smallest absolute Gasteiger partial charge is 0.230 e. The van der Waals surface area contributed by atoms with Crippen LogP contribution in [0.2, 0.25) is 5.02 Å². The Morgan fingerprint density at radius 3 is 2.31 bits per heavy atom. The molecule has 156 valence electrons. The van der Waals surface area contributed by atoms with Crippen LogP contribution in [0.5, 0.6) is 0 Å². The van der Waals surface area contributed by atoms with Gasteiger partial charge in [-0.15, -0.1) is 0 Å². The largest absolute Gasteiger partial charge is 0.356 e. The number of nitrogens with zero attached hydrogens (tertiary/aromatic N) is 3. The monoisotopic (exact) mass is 414 g/mol. The molecule has 0 atom stereocenters. The molecule has 1 saturated heterocycles. The van der Waals surface area contributed by atoms with E-state index in [0.717, 1.165) is 61.7 Å². The number of hydrogen-bond donors (Lipinski definition) is 1. The van der Waals surface area contributed by atoms with E-state index in [1.54, 1.807) is 0 Å². The SMILES string of the molecule is CCC(CC)(C(=O)NC1CCN(c2cc(C)nc(C)n2)CC1)c1ccc(Cl)cc1. The van der Waals surface area contributed by atoms with Crippen LogP contribution in [-0.2, 0) is 10.2 Å². The highest BCUT2D eigenvalue weighted by molar-refractivity contribution is 6.30. The fourth-order valence-electron chi connectivity index (χ4n) is 4.32. The van der Waals surface area contributed by atoms with E-state index in [-0.39, 0.29) is 11.9 Å². The molecule has 0 saturated carbocycles. The highest BCUT2D eigenvalue weighted by atomic mass is 35.5. The standard InChI is InChI=1S/C23H31ClN4O/c1-5-23(6-2,18-7-9-19(24)10-8-18)22(29)27-20-11-13-28(14-12-20)21-15-16(3)25-17(4)26-21/h7-10,15,20H,5-6,11-14H2,1-4H3,(H,27,29). The van der Waals surface area contributed by atoms with E-state index in [0.29, 0.717) is 5.02 Å². The summed E-state index contributed by atoms with van der Waals surface area (Å²) in [4.78, 5) is 24.6. The lowest BCUT2D eigenvalue weighted by molar-refractivity contribution is -0.128. The third-order valence-corrected chi connectivity index (χ3v) is 6.40. The Morgan fingerprint density at radius 2 is 1.76 bits per heavy atom. The van der Waals surface area contributed by atoms with Gasteiger partial charge in [-0.05, 0) is 57.2 Å². The summed E-state index contributed by atoms with van der Waals surface area (Å²) < 4.78 is 0. The van der Waals surface area contributed by atoms with Crippen LogP contribution in [0.3, 0.4) is 0 Å². The summed E-state index contributed by atoms with van der Waals surface area (Å²) in [6, 6.07) is 9.93. The van der Waals surface area contributed by atoms with Crippen molar-refractivity contribution in [2.75, 3.05) is 18.0 Å². The molecule has 1 aromatic heterocycles. The van der Waals surface area contributed by atoms with Gasteiger partial charge in [0.1, 0.15) is 11.6 Å². The molecule has 1 N–H and O–H groups in total. The first-order valence-electron chi connectivity index (χ1n) is 10.5. The average molecular weight is 415 g/mol. The van der Waals surface area contributed by atoms with Crippen molar-refractivity contribution in [1.82, 2.24) is 15.3 Å². The highest BCUT2D eigenvalue weighted by Crippen LogP contribution is 2.33. The third kappa shape index (κ3) is 4.72. The van der Waals surface area contributed by atoms with Crippen molar-refractivity contribution in [2.24, 2.45) is 0 Å². The van der Waals surface area contributed by atoms with Crippen LogP contribution >= 0.6 is 11.6 Å². The van der Waals surface area contributed by atoms with Crippen LogP contribution in [-0.4, -0.2) is 35.0 Å². The lowest BCUT2D eigenvalue weighted by Crippen LogP contribution is -2.51. The van der Waals surface area contributed by atoms with Crippen LogP contribution in [0, 0.1) is 13.8 Å². The summed E-state index contributed by atoms with van der Waals surface area (Å²) >= 11 is 6.05. The van der Waals surface area contributed by atoms with Crippen molar-refractivity contribution in [2.45, 2.75) is 64.8 Å². The van der Waals surface area contributed by atoms with Gasteiger partial charge < -0.3 is 10.2 Å². The van der Waals surface area contributed by atoms with Crippen molar-refractivity contribution < 1.29 is 4.79 Å². The zero-order valence-electron chi connectivity index (χ0n) is 17.8. The van der Waals surface area contributed by atoms with Crippen molar-refractivity contribution in [1.29, 1.82) is 0 Å². The number of aromatic nitrogens is 2. The fourth-order valence-corrected chi connectivity index (χ4v) is 4.44. The number of anilines is 1. The Morgan fingerprint density at radius 1 is 1.14 bits per heavy atom. The number of aryl methyl sites for hydroxylation is 2. The number of carbonyl (C=O) groups is 1. The van der Waals surface area contributed by atoms with Gasteiger partial charge in [-0.25, -0.2) is 9.97 Å². The van der Waals surface area contributed by atoms with Gasteiger partial charge in [0.05, 0.1) is 5.41 Å². The molecule has 1 fully saturated rings. The molecule has 0 aliphatic carbocycles. The molecular weight excluding hydrogens is 384 g/mol. The second-order valence-electron chi connectivity index (χ2n) is 7.95. The molecule has 1 amide bonds. The van der Waals surface area contributed by atoms with Gasteiger partial charge in [-0.1, -0.05) is 37.6 Å². The molecule has 6 heteroatoms. The summed E-state index contributed by atoms with van der Waals surface area (Å²) in [5.74, 6) is 1.91. The van der Waals surface area contributed by atoms with Crippen LogP contribution in [0.4, 0.5) is 5.82 Å². The maximum absolute atomic E-state index is 13.3. The Bertz CT molecular complexity index is 820. The van der Waals surface area contributed by atoms with Gasteiger partial charge in [0.15, 0.2) is 0 Å². The number of nitrogens with one attached hydrogen (secondary N) is 1. The molecule has 3 rings (SSSR count). The fraction of sp³-hybridized carbons (Fsp3) is 0.522. The maximum atomic E-state index is 13.3.